The maximum Gasteiger partial charge on any atom is 0.339 e. The molecule has 7 heteroatoms. The van der Waals surface area contributed by atoms with Crippen LogP contribution in [0.2, 0.25) is 0 Å². The number of aromatic nitrogens is 2. The van der Waals surface area contributed by atoms with E-state index in [4.69, 9.17) is 4.74 Å². The Morgan fingerprint density at radius 2 is 1.96 bits per heavy atom. The van der Waals surface area contributed by atoms with Gasteiger partial charge in [0.1, 0.15) is 11.5 Å². The van der Waals surface area contributed by atoms with Crippen molar-refractivity contribution < 1.29 is 14.6 Å². The molecule has 140 valence electrons. The second-order valence-corrected chi connectivity index (χ2v) is 7.65. The number of carbonyl (C=O) groups is 1. The molecule has 3 heterocycles. The number of pyridine rings is 1. The SMILES string of the molecule is COC(=O)c1cc(C(C)O)c2nc(N3CCC(C)(C)CC3)cc(=O)n2c1. The summed E-state index contributed by atoms with van der Waals surface area (Å²) in [5.74, 6) is 0.0428. The van der Waals surface area contributed by atoms with Crippen molar-refractivity contribution in [3.8, 4) is 0 Å². The molecule has 1 unspecified atom stereocenters. The summed E-state index contributed by atoms with van der Waals surface area (Å²) in [7, 11) is 1.27. The van der Waals surface area contributed by atoms with Gasteiger partial charge >= 0.3 is 5.97 Å². The van der Waals surface area contributed by atoms with Crippen LogP contribution in [-0.4, -0.2) is 40.7 Å². The van der Waals surface area contributed by atoms with Gasteiger partial charge in [0.05, 0.1) is 18.8 Å². The molecule has 1 fully saturated rings. The molecule has 0 aromatic carbocycles. The third-order valence-electron chi connectivity index (χ3n) is 5.09. The number of piperidine rings is 1. The third-order valence-corrected chi connectivity index (χ3v) is 5.09. The first kappa shape index (κ1) is 18.4. The second kappa shape index (κ2) is 6.72. The van der Waals surface area contributed by atoms with Crippen LogP contribution < -0.4 is 10.5 Å². The van der Waals surface area contributed by atoms with E-state index in [0.29, 0.717) is 22.4 Å². The van der Waals surface area contributed by atoms with Crippen LogP contribution in [-0.2, 0) is 4.74 Å². The molecule has 1 N–H and O–H groups in total. The number of methoxy groups -OCH3 is 1. The number of anilines is 1. The zero-order valence-corrected chi connectivity index (χ0v) is 15.7. The van der Waals surface area contributed by atoms with Crippen LogP contribution in [0.25, 0.3) is 5.65 Å². The summed E-state index contributed by atoms with van der Waals surface area (Å²) in [6, 6.07) is 3.01. The number of hydrogen-bond donors (Lipinski definition) is 1. The minimum Gasteiger partial charge on any atom is -0.465 e. The number of ether oxygens (including phenoxy) is 1. The van der Waals surface area contributed by atoms with Gasteiger partial charge < -0.3 is 14.7 Å². The molecule has 7 nitrogen and oxygen atoms in total. The minimum atomic E-state index is -0.878. The highest BCUT2D eigenvalue weighted by Gasteiger charge is 2.27. The van der Waals surface area contributed by atoms with Crippen LogP contribution in [0, 0.1) is 5.41 Å². The number of rotatable bonds is 3. The van der Waals surface area contributed by atoms with E-state index < -0.39 is 12.1 Å². The van der Waals surface area contributed by atoms with Crippen LogP contribution in [0.4, 0.5) is 5.82 Å². The van der Waals surface area contributed by atoms with Gasteiger partial charge in [0.2, 0.25) is 0 Å². The summed E-state index contributed by atoms with van der Waals surface area (Å²) in [5.41, 5.74) is 0.988. The number of aliphatic hydroxyl groups is 1. The number of hydrogen-bond acceptors (Lipinski definition) is 6. The van der Waals surface area contributed by atoms with E-state index in [1.165, 1.54) is 29.8 Å². The molecular weight excluding hydrogens is 334 g/mol. The van der Waals surface area contributed by atoms with Crippen LogP contribution in [0.3, 0.4) is 0 Å². The van der Waals surface area contributed by atoms with E-state index >= 15 is 0 Å². The first-order chi connectivity index (χ1) is 12.2. The van der Waals surface area contributed by atoms with Gasteiger partial charge in [0.15, 0.2) is 0 Å². The van der Waals surface area contributed by atoms with Crippen LogP contribution in [0.5, 0.6) is 0 Å². The lowest BCUT2D eigenvalue weighted by molar-refractivity contribution is 0.0600. The lowest BCUT2D eigenvalue weighted by Gasteiger charge is -2.37. The van der Waals surface area contributed by atoms with E-state index in [9.17, 15) is 14.7 Å². The molecule has 0 radical (unpaired) electrons. The molecule has 26 heavy (non-hydrogen) atoms. The van der Waals surface area contributed by atoms with Crippen molar-refractivity contribution in [2.45, 2.75) is 39.7 Å². The van der Waals surface area contributed by atoms with Crippen molar-refractivity contribution in [2.24, 2.45) is 5.41 Å². The lowest BCUT2D eigenvalue weighted by Crippen LogP contribution is -2.38. The zero-order valence-electron chi connectivity index (χ0n) is 15.7. The Morgan fingerprint density at radius 1 is 1.31 bits per heavy atom. The molecule has 0 bridgehead atoms. The molecule has 3 rings (SSSR count). The minimum absolute atomic E-state index is 0.201. The number of nitrogens with zero attached hydrogens (tertiary/aromatic N) is 3. The van der Waals surface area contributed by atoms with E-state index in [1.54, 1.807) is 6.92 Å². The van der Waals surface area contributed by atoms with Crippen molar-refractivity contribution in [2.75, 3.05) is 25.1 Å². The first-order valence-corrected chi connectivity index (χ1v) is 8.80. The molecule has 1 aliphatic heterocycles. The van der Waals surface area contributed by atoms with Crippen molar-refractivity contribution >= 4 is 17.4 Å². The molecule has 1 atom stereocenters. The maximum absolute atomic E-state index is 12.7. The summed E-state index contributed by atoms with van der Waals surface area (Å²) < 4.78 is 6.03. The van der Waals surface area contributed by atoms with E-state index in [1.807, 2.05) is 0 Å². The van der Waals surface area contributed by atoms with Gasteiger partial charge in [-0.2, -0.15) is 0 Å². The van der Waals surface area contributed by atoms with Crippen LogP contribution in [0.15, 0.2) is 23.1 Å². The fraction of sp³-hybridized carbons (Fsp3) is 0.526. The van der Waals surface area contributed by atoms with Crippen molar-refractivity contribution in [3.05, 3.63) is 39.8 Å². The molecule has 1 saturated heterocycles. The summed E-state index contributed by atoms with van der Waals surface area (Å²) in [6.45, 7) is 7.73. The summed E-state index contributed by atoms with van der Waals surface area (Å²) >= 11 is 0. The predicted molar refractivity (Wildman–Crippen MR) is 98.7 cm³/mol. The van der Waals surface area contributed by atoms with Crippen LogP contribution >= 0.6 is 0 Å². The van der Waals surface area contributed by atoms with Gasteiger partial charge in [-0.15, -0.1) is 0 Å². The fourth-order valence-electron chi connectivity index (χ4n) is 3.26. The highest BCUT2D eigenvalue weighted by molar-refractivity contribution is 5.89. The zero-order chi connectivity index (χ0) is 19.1. The van der Waals surface area contributed by atoms with Gasteiger partial charge in [-0.05, 0) is 31.2 Å². The topological polar surface area (TPSA) is 84.1 Å². The first-order valence-electron chi connectivity index (χ1n) is 8.80. The molecule has 2 aromatic rings. The predicted octanol–water partition coefficient (Wildman–Crippen LogP) is 2.16. The lowest BCUT2D eigenvalue weighted by atomic mass is 9.83. The van der Waals surface area contributed by atoms with E-state index in [2.05, 4.69) is 23.7 Å². The molecule has 0 saturated carbocycles. The number of esters is 1. The Bertz CT molecular complexity index is 892. The number of fused-ring (bicyclic) bond motifs is 1. The quantitative estimate of drug-likeness (QED) is 0.846. The summed E-state index contributed by atoms with van der Waals surface area (Å²) in [4.78, 5) is 31.3. The van der Waals surface area contributed by atoms with Gasteiger partial charge in [-0.3, -0.25) is 9.20 Å². The monoisotopic (exact) mass is 359 g/mol. The Labute approximate surface area is 152 Å². The normalized spacial score (nSPS) is 18.0. The Kier molecular flexibility index (Phi) is 4.75. The Morgan fingerprint density at radius 3 is 2.54 bits per heavy atom. The van der Waals surface area contributed by atoms with Crippen molar-refractivity contribution in [1.29, 1.82) is 0 Å². The Balaban J connectivity index is 2.11. The summed E-state index contributed by atoms with van der Waals surface area (Å²) in [6.07, 6.45) is 2.58. The molecule has 1 aliphatic rings. The van der Waals surface area contributed by atoms with Crippen molar-refractivity contribution in [3.63, 3.8) is 0 Å². The van der Waals surface area contributed by atoms with Crippen LogP contribution in [0.1, 0.15) is 55.6 Å². The largest absolute Gasteiger partial charge is 0.465 e. The smallest absolute Gasteiger partial charge is 0.339 e. The van der Waals surface area contributed by atoms with Crippen molar-refractivity contribution in [1.82, 2.24) is 9.38 Å². The number of carbonyl (C=O) groups excluding carboxylic acids is 1. The molecule has 0 amide bonds. The van der Waals surface area contributed by atoms with E-state index in [0.717, 1.165) is 25.9 Å². The van der Waals surface area contributed by atoms with E-state index in [-0.39, 0.29) is 11.1 Å². The Hall–Kier alpha value is -2.41. The summed E-state index contributed by atoms with van der Waals surface area (Å²) in [5, 5.41) is 10.1. The van der Waals surface area contributed by atoms with Gasteiger partial charge in [-0.1, -0.05) is 13.8 Å². The molecule has 0 spiro atoms. The van der Waals surface area contributed by atoms with Gasteiger partial charge in [0.25, 0.3) is 5.56 Å². The standard InChI is InChI=1S/C19H25N3O4/c1-12(23)14-9-13(18(25)26-4)11-22-16(24)10-15(20-17(14)22)21-7-5-19(2,3)6-8-21/h9-12,23H,5-8H2,1-4H3. The fourth-order valence-corrected chi connectivity index (χ4v) is 3.26. The molecular formula is C19H25N3O4. The molecule has 0 aliphatic carbocycles. The van der Waals surface area contributed by atoms with Gasteiger partial charge in [-0.25, -0.2) is 9.78 Å². The number of aliphatic hydroxyl groups excluding tert-OH is 1. The third kappa shape index (κ3) is 3.44. The highest BCUT2D eigenvalue weighted by Crippen LogP contribution is 2.31. The maximum atomic E-state index is 12.7. The molecule has 2 aromatic heterocycles. The second-order valence-electron chi connectivity index (χ2n) is 7.65. The average Bonchev–Trinajstić information content (AvgIpc) is 2.60. The highest BCUT2D eigenvalue weighted by atomic mass is 16.5. The van der Waals surface area contributed by atoms with Gasteiger partial charge in [0, 0.05) is 30.9 Å². The average molecular weight is 359 g/mol.